The second-order valence-corrected chi connectivity index (χ2v) is 3.47. The van der Waals surface area contributed by atoms with Crippen LogP contribution in [0, 0.1) is 11.6 Å². The number of ether oxygens (including phenoxy) is 1. The molecule has 1 atom stereocenters. The van der Waals surface area contributed by atoms with Crippen LogP contribution in [0.5, 0.6) is 0 Å². The lowest BCUT2D eigenvalue weighted by Crippen LogP contribution is -2.29. The Morgan fingerprint density at radius 3 is 2.73 bits per heavy atom. The standard InChI is InChI=1S/C11H15F2NO/c1-8(7-15-2)14-6-9-3-4-10(12)5-11(9)13/h3-5,8,14H,6-7H2,1-2H3. The minimum Gasteiger partial charge on any atom is -0.383 e. The van der Waals surface area contributed by atoms with Crippen LogP contribution in [-0.2, 0) is 11.3 Å². The lowest BCUT2D eigenvalue weighted by atomic mass is 10.2. The van der Waals surface area contributed by atoms with Crippen molar-refractivity contribution < 1.29 is 13.5 Å². The van der Waals surface area contributed by atoms with E-state index in [1.165, 1.54) is 12.1 Å². The molecular formula is C11H15F2NO. The fraction of sp³-hybridized carbons (Fsp3) is 0.455. The van der Waals surface area contributed by atoms with Gasteiger partial charge in [-0.15, -0.1) is 0 Å². The van der Waals surface area contributed by atoms with Gasteiger partial charge in [0.05, 0.1) is 6.61 Å². The summed E-state index contributed by atoms with van der Waals surface area (Å²) >= 11 is 0. The molecule has 0 aliphatic rings. The van der Waals surface area contributed by atoms with Gasteiger partial charge in [-0.3, -0.25) is 0 Å². The molecule has 4 heteroatoms. The number of methoxy groups -OCH3 is 1. The third-order valence-electron chi connectivity index (χ3n) is 2.07. The molecule has 1 N–H and O–H groups in total. The van der Waals surface area contributed by atoms with Gasteiger partial charge in [0.2, 0.25) is 0 Å². The molecule has 0 fully saturated rings. The number of halogens is 2. The van der Waals surface area contributed by atoms with Crippen molar-refractivity contribution in [2.45, 2.75) is 19.5 Å². The van der Waals surface area contributed by atoms with E-state index < -0.39 is 11.6 Å². The zero-order valence-corrected chi connectivity index (χ0v) is 8.89. The number of rotatable bonds is 5. The van der Waals surface area contributed by atoms with Crippen molar-refractivity contribution in [1.29, 1.82) is 0 Å². The third kappa shape index (κ3) is 3.93. The molecule has 0 spiro atoms. The van der Waals surface area contributed by atoms with Crippen molar-refractivity contribution in [3.8, 4) is 0 Å². The van der Waals surface area contributed by atoms with E-state index in [1.54, 1.807) is 7.11 Å². The first-order chi connectivity index (χ1) is 7.13. The fourth-order valence-electron chi connectivity index (χ4n) is 1.26. The zero-order valence-electron chi connectivity index (χ0n) is 8.89. The van der Waals surface area contributed by atoms with Crippen molar-refractivity contribution in [3.63, 3.8) is 0 Å². The highest BCUT2D eigenvalue weighted by Gasteiger charge is 2.05. The Morgan fingerprint density at radius 1 is 1.40 bits per heavy atom. The molecule has 0 saturated heterocycles. The molecule has 0 bridgehead atoms. The van der Waals surface area contributed by atoms with Crippen LogP contribution in [0.2, 0.25) is 0 Å². The van der Waals surface area contributed by atoms with Gasteiger partial charge >= 0.3 is 0 Å². The van der Waals surface area contributed by atoms with Crippen LogP contribution < -0.4 is 5.32 Å². The molecule has 1 aromatic rings. The Kier molecular flexibility index (Phi) is 4.65. The van der Waals surface area contributed by atoms with E-state index in [1.807, 2.05) is 6.92 Å². The minimum atomic E-state index is -0.554. The minimum absolute atomic E-state index is 0.138. The highest BCUT2D eigenvalue weighted by molar-refractivity contribution is 5.18. The van der Waals surface area contributed by atoms with Crippen LogP contribution in [0.25, 0.3) is 0 Å². The van der Waals surface area contributed by atoms with E-state index in [0.717, 1.165) is 6.07 Å². The van der Waals surface area contributed by atoms with E-state index in [2.05, 4.69) is 5.32 Å². The van der Waals surface area contributed by atoms with E-state index in [9.17, 15) is 8.78 Å². The molecule has 0 aliphatic heterocycles. The predicted octanol–water partition coefficient (Wildman–Crippen LogP) is 2.09. The molecule has 0 saturated carbocycles. The molecule has 1 unspecified atom stereocenters. The highest BCUT2D eigenvalue weighted by Crippen LogP contribution is 2.09. The van der Waals surface area contributed by atoms with Crippen molar-refractivity contribution >= 4 is 0 Å². The smallest absolute Gasteiger partial charge is 0.130 e. The fourth-order valence-corrected chi connectivity index (χ4v) is 1.26. The summed E-state index contributed by atoms with van der Waals surface area (Å²) in [5.41, 5.74) is 0.458. The topological polar surface area (TPSA) is 21.3 Å². The summed E-state index contributed by atoms with van der Waals surface area (Å²) in [5.74, 6) is -1.08. The summed E-state index contributed by atoms with van der Waals surface area (Å²) in [6, 6.07) is 3.72. The predicted molar refractivity (Wildman–Crippen MR) is 54.5 cm³/mol. The second kappa shape index (κ2) is 5.78. The van der Waals surface area contributed by atoms with Crippen LogP contribution in [0.3, 0.4) is 0 Å². The average Bonchev–Trinajstić information content (AvgIpc) is 2.17. The van der Waals surface area contributed by atoms with E-state index in [4.69, 9.17) is 4.74 Å². The van der Waals surface area contributed by atoms with Crippen LogP contribution in [-0.4, -0.2) is 19.8 Å². The molecule has 84 valence electrons. The molecular weight excluding hydrogens is 200 g/mol. The molecule has 0 radical (unpaired) electrons. The Morgan fingerprint density at radius 2 is 2.13 bits per heavy atom. The lowest BCUT2D eigenvalue weighted by Gasteiger charge is -2.12. The third-order valence-corrected chi connectivity index (χ3v) is 2.07. The van der Waals surface area contributed by atoms with Gasteiger partial charge in [-0.05, 0) is 13.0 Å². The first kappa shape index (κ1) is 12.1. The monoisotopic (exact) mass is 215 g/mol. The molecule has 0 aromatic heterocycles. The van der Waals surface area contributed by atoms with E-state index in [0.29, 0.717) is 18.7 Å². The van der Waals surface area contributed by atoms with Gasteiger partial charge in [-0.2, -0.15) is 0 Å². The normalized spacial score (nSPS) is 12.8. The van der Waals surface area contributed by atoms with Gasteiger partial charge in [-0.1, -0.05) is 6.07 Å². The van der Waals surface area contributed by atoms with Gasteiger partial charge in [-0.25, -0.2) is 8.78 Å². The van der Waals surface area contributed by atoms with Crippen molar-refractivity contribution in [2.24, 2.45) is 0 Å². The Bertz CT molecular complexity index is 317. The Labute approximate surface area is 88.3 Å². The van der Waals surface area contributed by atoms with Crippen molar-refractivity contribution in [2.75, 3.05) is 13.7 Å². The molecule has 0 amide bonds. The highest BCUT2D eigenvalue weighted by atomic mass is 19.1. The second-order valence-electron chi connectivity index (χ2n) is 3.47. The van der Waals surface area contributed by atoms with Crippen molar-refractivity contribution in [1.82, 2.24) is 5.32 Å². The Hall–Kier alpha value is -1.00. The van der Waals surface area contributed by atoms with Gasteiger partial charge in [0.15, 0.2) is 0 Å². The first-order valence-electron chi connectivity index (χ1n) is 4.79. The van der Waals surface area contributed by atoms with Crippen LogP contribution >= 0.6 is 0 Å². The van der Waals surface area contributed by atoms with Gasteiger partial charge in [0, 0.05) is 31.3 Å². The molecule has 0 aliphatic carbocycles. The molecule has 1 rings (SSSR count). The number of hydrogen-bond acceptors (Lipinski definition) is 2. The first-order valence-corrected chi connectivity index (χ1v) is 4.79. The maximum Gasteiger partial charge on any atom is 0.130 e. The SMILES string of the molecule is COCC(C)NCc1ccc(F)cc1F. The molecule has 2 nitrogen and oxygen atoms in total. The van der Waals surface area contributed by atoms with Crippen LogP contribution in [0.1, 0.15) is 12.5 Å². The van der Waals surface area contributed by atoms with Crippen molar-refractivity contribution in [3.05, 3.63) is 35.4 Å². The summed E-state index contributed by atoms with van der Waals surface area (Å²) in [6.07, 6.45) is 0. The van der Waals surface area contributed by atoms with Gasteiger partial charge in [0.25, 0.3) is 0 Å². The lowest BCUT2D eigenvalue weighted by molar-refractivity contribution is 0.171. The number of nitrogens with one attached hydrogen (secondary N) is 1. The largest absolute Gasteiger partial charge is 0.383 e. The number of hydrogen-bond donors (Lipinski definition) is 1. The zero-order chi connectivity index (χ0) is 11.3. The summed E-state index contributed by atoms with van der Waals surface area (Å²) in [4.78, 5) is 0. The van der Waals surface area contributed by atoms with E-state index >= 15 is 0 Å². The van der Waals surface area contributed by atoms with E-state index in [-0.39, 0.29) is 6.04 Å². The number of benzene rings is 1. The summed E-state index contributed by atoms with van der Waals surface area (Å²) < 4.78 is 30.7. The molecule has 0 heterocycles. The maximum absolute atomic E-state index is 13.2. The summed E-state index contributed by atoms with van der Waals surface area (Å²) in [5, 5.41) is 3.07. The maximum atomic E-state index is 13.2. The Balaban J connectivity index is 2.50. The molecule has 1 aromatic carbocycles. The summed E-state index contributed by atoms with van der Waals surface area (Å²) in [7, 11) is 1.61. The summed E-state index contributed by atoms with van der Waals surface area (Å²) in [6.45, 7) is 2.87. The quantitative estimate of drug-likeness (QED) is 0.812. The van der Waals surface area contributed by atoms with Gasteiger partial charge in [0.1, 0.15) is 11.6 Å². The molecule has 15 heavy (non-hydrogen) atoms. The van der Waals surface area contributed by atoms with Crippen LogP contribution in [0.4, 0.5) is 8.78 Å². The van der Waals surface area contributed by atoms with Gasteiger partial charge < -0.3 is 10.1 Å². The average molecular weight is 215 g/mol. The van der Waals surface area contributed by atoms with Crippen LogP contribution in [0.15, 0.2) is 18.2 Å².